The Balaban J connectivity index is 1.15. The minimum atomic E-state index is -1.10. The summed E-state index contributed by atoms with van der Waals surface area (Å²) in [6.07, 6.45) is -2.51. The van der Waals surface area contributed by atoms with Crippen LogP contribution in [0.1, 0.15) is 36.5 Å². The predicted octanol–water partition coefficient (Wildman–Crippen LogP) is 5.57. The fourth-order valence-corrected chi connectivity index (χ4v) is 8.62. The summed E-state index contributed by atoms with van der Waals surface area (Å²) in [5.41, 5.74) is 0.877. The number of rotatable bonds is 15. The van der Waals surface area contributed by atoms with E-state index in [1.54, 1.807) is 0 Å². The van der Waals surface area contributed by atoms with Crippen molar-refractivity contribution in [1.82, 2.24) is 9.80 Å². The second kappa shape index (κ2) is 18.9. The molecule has 0 aromatic heterocycles. The van der Waals surface area contributed by atoms with Gasteiger partial charge in [0.25, 0.3) is 17.1 Å². The van der Waals surface area contributed by atoms with E-state index in [2.05, 4.69) is 0 Å². The number of nitro groups is 3. The van der Waals surface area contributed by atoms with Crippen LogP contribution in [0.5, 0.6) is 0 Å². The largest absolute Gasteiger partial charge is 0.508 e. The van der Waals surface area contributed by atoms with Gasteiger partial charge in [-0.15, -0.1) is 11.8 Å². The van der Waals surface area contributed by atoms with Gasteiger partial charge < -0.3 is 33.5 Å². The lowest BCUT2D eigenvalue weighted by molar-refractivity contribution is -0.385. The van der Waals surface area contributed by atoms with Crippen LogP contribution in [0.2, 0.25) is 0 Å². The lowest BCUT2D eigenvalue weighted by Gasteiger charge is -2.45. The number of nitro benzene ring substituents is 3. The molecule has 3 aliphatic rings. The molecule has 0 aliphatic carbocycles. The Morgan fingerprint density at radius 2 is 1.26 bits per heavy atom. The number of β-lactam (4-membered cyclic amide) rings is 1. The molecule has 3 aromatic rings. The summed E-state index contributed by atoms with van der Waals surface area (Å²) in [4.78, 5) is 101. The molecule has 0 spiro atoms. The first-order chi connectivity index (χ1) is 29.1. The Hall–Kier alpha value is -7.10. The molecular formula is C39H37N5O16S. The van der Waals surface area contributed by atoms with Crippen LogP contribution in [0.25, 0.3) is 0 Å². The zero-order valence-electron chi connectivity index (χ0n) is 32.4. The van der Waals surface area contributed by atoms with Crippen molar-refractivity contribution in [2.45, 2.75) is 57.0 Å². The molecule has 22 heteroatoms. The van der Waals surface area contributed by atoms with Gasteiger partial charge in [-0.3, -0.25) is 39.9 Å². The third kappa shape index (κ3) is 10.0. The van der Waals surface area contributed by atoms with E-state index >= 15 is 0 Å². The van der Waals surface area contributed by atoms with Gasteiger partial charge in [-0.05, 0) is 66.4 Å². The van der Waals surface area contributed by atoms with E-state index in [0.717, 1.165) is 11.8 Å². The highest BCUT2D eigenvalue weighted by Crippen LogP contribution is 2.50. The number of carbonyl (C=O) groups is 5. The molecular weight excluding hydrogens is 827 g/mol. The fraction of sp³-hybridized carbons (Fsp3) is 0.359. The highest BCUT2D eigenvalue weighted by atomic mass is 32.2. The van der Waals surface area contributed by atoms with Gasteiger partial charge in [-0.25, -0.2) is 14.4 Å². The number of likely N-dealkylation sites (tertiary alicyclic amines) is 1. The van der Waals surface area contributed by atoms with Gasteiger partial charge >= 0.3 is 24.2 Å². The van der Waals surface area contributed by atoms with Crippen LogP contribution < -0.4 is 0 Å². The fourth-order valence-electron chi connectivity index (χ4n) is 7.11. The minimum Gasteiger partial charge on any atom is -0.469 e. The van der Waals surface area contributed by atoms with Crippen LogP contribution in [0.4, 0.5) is 26.7 Å². The topological polar surface area (TPSA) is 267 Å². The molecule has 5 atom stereocenters. The Bertz CT molecular complexity index is 2250. The number of carbonyl (C=O) groups excluding carboxylic acids is 5. The van der Waals surface area contributed by atoms with Gasteiger partial charge in [0.05, 0.1) is 39.8 Å². The SMILES string of the molecule is COC(=O)C1CN(C(=O)OCc2ccc([N+](=O)[O-])cc2)CCC1SC1=C(C(=O)OCc2ccc([N+](=O)[O-])cc2)N2C(=O)C(C(C)OC(=O)OCc3ccc([N+](=O)[O-])cc3)[C@H]2C1. The molecule has 61 heavy (non-hydrogen) atoms. The number of amides is 2. The van der Waals surface area contributed by atoms with Crippen molar-refractivity contribution in [3.8, 4) is 0 Å². The molecule has 3 aliphatic heterocycles. The Morgan fingerprint density at radius 3 is 1.75 bits per heavy atom. The number of non-ortho nitro benzene ring substituents is 3. The number of benzene rings is 3. The van der Waals surface area contributed by atoms with Crippen LogP contribution >= 0.6 is 11.8 Å². The number of hydrogen-bond donors (Lipinski definition) is 0. The maximum atomic E-state index is 13.8. The van der Waals surface area contributed by atoms with Crippen molar-refractivity contribution < 1.29 is 62.4 Å². The lowest BCUT2D eigenvalue weighted by Crippen LogP contribution is -2.62. The second-order valence-corrected chi connectivity index (χ2v) is 15.4. The molecule has 320 valence electrons. The Morgan fingerprint density at radius 1 is 0.770 bits per heavy atom. The maximum Gasteiger partial charge on any atom is 0.508 e. The first-order valence-electron chi connectivity index (χ1n) is 18.6. The van der Waals surface area contributed by atoms with E-state index in [1.165, 1.54) is 96.6 Å². The molecule has 21 nitrogen and oxygen atoms in total. The molecule has 3 aromatic carbocycles. The molecule has 0 bridgehead atoms. The zero-order chi connectivity index (χ0) is 44.0. The number of methoxy groups -OCH3 is 1. The molecule has 2 saturated heterocycles. The third-order valence-corrected chi connectivity index (χ3v) is 11.8. The van der Waals surface area contributed by atoms with Crippen LogP contribution in [0.3, 0.4) is 0 Å². The second-order valence-electron chi connectivity index (χ2n) is 14.1. The first-order valence-corrected chi connectivity index (χ1v) is 19.5. The van der Waals surface area contributed by atoms with Crippen molar-refractivity contribution in [2.75, 3.05) is 20.2 Å². The zero-order valence-corrected chi connectivity index (χ0v) is 33.3. The number of fused-ring (bicyclic) bond motifs is 1. The van der Waals surface area contributed by atoms with Crippen molar-refractivity contribution >= 4 is 58.9 Å². The van der Waals surface area contributed by atoms with Crippen molar-refractivity contribution in [3.63, 3.8) is 0 Å². The summed E-state index contributed by atoms with van der Waals surface area (Å²) in [5, 5.41) is 32.5. The summed E-state index contributed by atoms with van der Waals surface area (Å²) < 4.78 is 26.7. The normalized spacial score (nSPS) is 19.8. The maximum absolute atomic E-state index is 13.8. The van der Waals surface area contributed by atoms with Gasteiger partial charge in [0.2, 0.25) is 5.91 Å². The number of nitrogens with zero attached hydrogens (tertiary/aromatic N) is 5. The van der Waals surface area contributed by atoms with Gasteiger partial charge in [-0.2, -0.15) is 0 Å². The van der Waals surface area contributed by atoms with E-state index in [1.807, 2.05) is 0 Å². The quantitative estimate of drug-likeness (QED) is 0.0594. The van der Waals surface area contributed by atoms with E-state index in [9.17, 15) is 54.3 Å². The third-order valence-electron chi connectivity index (χ3n) is 10.3. The van der Waals surface area contributed by atoms with Gasteiger partial charge in [0.1, 0.15) is 31.6 Å². The highest BCUT2D eigenvalue weighted by molar-refractivity contribution is 8.03. The van der Waals surface area contributed by atoms with E-state index in [4.69, 9.17) is 23.7 Å². The van der Waals surface area contributed by atoms with Crippen LogP contribution in [0.15, 0.2) is 83.4 Å². The molecule has 4 unspecified atom stereocenters. The van der Waals surface area contributed by atoms with Gasteiger partial charge in [-0.1, -0.05) is 0 Å². The van der Waals surface area contributed by atoms with Crippen LogP contribution in [-0.2, 0) is 57.9 Å². The smallest absolute Gasteiger partial charge is 0.469 e. The molecule has 2 amide bonds. The summed E-state index contributed by atoms with van der Waals surface area (Å²) >= 11 is 1.16. The van der Waals surface area contributed by atoms with Crippen molar-refractivity contribution in [3.05, 3.63) is 130 Å². The highest BCUT2D eigenvalue weighted by Gasteiger charge is 2.58. The Labute approximate surface area is 349 Å². The number of piperidine rings is 1. The average Bonchev–Trinajstić information content (AvgIpc) is 3.57. The van der Waals surface area contributed by atoms with Gasteiger partial charge in [0.15, 0.2) is 0 Å². The summed E-state index contributed by atoms with van der Waals surface area (Å²) in [5.74, 6) is -3.89. The molecule has 2 fully saturated rings. The number of esters is 2. The summed E-state index contributed by atoms with van der Waals surface area (Å²) in [7, 11) is 1.19. The predicted molar refractivity (Wildman–Crippen MR) is 209 cm³/mol. The standard InChI is InChI=1S/C39H37N5O16S/c1-22(60-39(49)59-21-25-7-13-28(14-8-25)44(54)55)33-30-17-32(34(41(30)35(33)45)37(47)57-19-23-3-9-26(10-4-23)42(50)51)61-31-15-16-40(18-29(31)36(46)56-2)38(48)58-20-24-5-11-27(12-6-24)43(52)53/h3-14,22,29-31,33H,15-21H2,1-2H3/t22?,29?,30-,31?,33?/m1/s1. The average molecular weight is 864 g/mol. The monoisotopic (exact) mass is 863 g/mol. The van der Waals surface area contributed by atoms with E-state index < -0.39 is 74.1 Å². The molecule has 3 heterocycles. The number of thioether (sulfide) groups is 1. The van der Waals surface area contributed by atoms with Crippen LogP contribution in [0, 0.1) is 42.2 Å². The molecule has 0 N–H and O–H groups in total. The van der Waals surface area contributed by atoms with Gasteiger partial charge in [0, 0.05) is 66.1 Å². The summed E-state index contributed by atoms with van der Waals surface area (Å²) in [6, 6.07) is 15.5. The number of ether oxygens (including phenoxy) is 5. The minimum absolute atomic E-state index is 0.0836. The summed E-state index contributed by atoms with van der Waals surface area (Å²) in [6.45, 7) is 0.784. The van der Waals surface area contributed by atoms with E-state index in [-0.39, 0.29) is 68.5 Å². The van der Waals surface area contributed by atoms with Crippen molar-refractivity contribution in [2.24, 2.45) is 11.8 Å². The van der Waals surface area contributed by atoms with Crippen LogP contribution in [-0.4, -0.2) is 92.3 Å². The number of hydrogen-bond acceptors (Lipinski definition) is 17. The molecule has 0 saturated carbocycles. The van der Waals surface area contributed by atoms with E-state index in [0.29, 0.717) is 21.6 Å². The van der Waals surface area contributed by atoms with Crippen molar-refractivity contribution in [1.29, 1.82) is 0 Å². The Kier molecular flexibility index (Phi) is 13.4. The molecule has 0 radical (unpaired) electrons. The lowest BCUT2D eigenvalue weighted by atomic mass is 9.83. The first kappa shape index (κ1) is 43.5. The molecule has 6 rings (SSSR count).